The molecule has 0 fully saturated rings. The van der Waals surface area contributed by atoms with Gasteiger partial charge in [-0.1, -0.05) is 25.4 Å². The van der Waals surface area contributed by atoms with Crippen molar-refractivity contribution in [1.82, 2.24) is 20.5 Å². The predicted molar refractivity (Wildman–Crippen MR) is 89.3 cm³/mol. The van der Waals surface area contributed by atoms with Gasteiger partial charge < -0.3 is 5.32 Å². The SMILES string of the molecule is CC[C@@H](C)c1n[nH]c([C@@H](C)NC(=O)CCc2ccc(Cl)s2)n1. The quantitative estimate of drug-likeness (QED) is 0.804. The summed E-state index contributed by atoms with van der Waals surface area (Å²) in [5, 5.41) is 10.1. The number of nitrogens with zero attached hydrogens (tertiary/aromatic N) is 2. The Hall–Kier alpha value is -1.40. The molecule has 0 saturated carbocycles. The average Bonchev–Trinajstić information content (AvgIpc) is 3.13. The Morgan fingerprint density at radius 2 is 2.23 bits per heavy atom. The highest BCUT2D eigenvalue weighted by Crippen LogP contribution is 2.22. The van der Waals surface area contributed by atoms with Crippen LogP contribution in [0.2, 0.25) is 4.34 Å². The van der Waals surface area contributed by atoms with Gasteiger partial charge in [-0.25, -0.2) is 4.98 Å². The average molecular weight is 341 g/mol. The monoisotopic (exact) mass is 340 g/mol. The molecule has 7 heteroatoms. The molecule has 0 saturated heterocycles. The molecule has 2 aromatic rings. The fourth-order valence-electron chi connectivity index (χ4n) is 1.99. The first-order valence-corrected chi connectivity index (χ1v) is 8.64. The smallest absolute Gasteiger partial charge is 0.220 e. The van der Waals surface area contributed by atoms with Crippen molar-refractivity contribution in [1.29, 1.82) is 0 Å². The van der Waals surface area contributed by atoms with Gasteiger partial charge in [0.1, 0.15) is 5.82 Å². The minimum atomic E-state index is -0.176. The molecule has 0 spiro atoms. The van der Waals surface area contributed by atoms with Gasteiger partial charge in [-0.2, -0.15) is 5.10 Å². The van der Waals surface area contributed by atoms with E-state index < -0.39 is 0 Å². The van der Waals surface area contributed by atoms with E-state index in [9.17, 15) is 4.79 Å². The highest BCUT2D eigenvalue weighted by atomic mass is 35.5. The molecular formula is C15H21ClN4OS. The summed E-state index contributed by atoms with van der Waals surface area (Å²) in [7, 11) is 0. The van der Waals surface area contributed by atoms with Gasteiger partial charge in [-0.15, -0.1) is 11.3 Å². The molecule has 2 aromatic heterocycles. The molecule has 1 amide bonds. The van der Waals surface area contributed by atoms with E-state index in [-0.39, 0.29) is 11.9 Å². The number of halogens is 1. The van der Waals surface area contributed by atoms with Crippen molar-refractivity contribution in [2.45, 2.75) is 52.0 Å². The number of hydrogen-bond donors (Lipinski definition) is 2. The molecule has 0 aliphatic carbocycles. The van der Waals surface area contributed by atoms with Gasteiger partial charge in [0.2, 0.25) is 5.91 Å². The van der Waals surface area contributed by atoms with Crippen LogP contribution in [0.3, 0.4) is 0 Å². The van der Waals surface area contributed by atoms with E-state index in [1.807, 2.05) is 19.1 Å². The van der Waals surface area contributed by atoms with Crippen molar-refractivity contribution in [3.8, 4) is 0 Å². The van der Waals surface area contributed by atoms with Gasteiger partial charge in [-0.05, 0) is 31.9 Å². The number of amides is 1. The lowest BCUT2D eigenvalue weighted by Crippen LogP contribution is -2.27. The van der Waals surface area contributed by atoms with Crippen LogP contribution in [0.4, 0.5) is 0 Å². The molecule has 0 unspecified atom stereocenters. The van der Waals surface area contributed by atoms with E-state index in [4.69, 9.17) is 11.6 Å². The number of thiophene rings is 1. The maximum absolute atomic E-state index is 12.0. The first kappa shape index (κ1) is 17.0. The third-order valence-electron chi connectivity index (χ3n) is 3.59. The third-order valence-corrected chi connectivity index (χ3v) is 4.88. The normalized spacial score (nSPS) is 13.8. The highest BCUT2D eigenvalue weighted by molar-refractivity contribution is 7.16. The summed E-state index contributed by atoms with van der Waals surface area (Å²) in [5.41, 5.74) is 0. The van der Waals surface area contributed by atoms with Crippen molar-refractivity contribution in [3.05, 3.63) is 33.0 Å². The lowest BCUT2D eigenvalue weighted by Gasteiger charge is -2.10. The Kier molecular flexibility index (Phi) is 5.97. The summed E-state index contributed by atoms with van der Waals surface area (Å²) in [6, 6.07) is 3.63. The topological polar surface area (TPSA) is 70.7 Å². The fourth-order valence-corrected chi connectivity index (χ4v) is 3.08. The molecule has 2 N–H and O–H groups in total. The lowest BCUT2D eigenvalue weighted by molar-refractivity contribution is -0.121. The largest absolute Gasteiger partial charge is 0.346 e. The molecule has 2 atom stereocenters. The van der Waals surface area contributed by atoms with Crippen LogP contribution < -0.4 is 5.32 Å². The van der Waals surface area contributed by atoms with Gasteiger partial charge in [0.15, 0.2) is 5.82 Å². The fraction of sp³-hybridized carbons (Fsp3) is 0.533. The number of rotatable bonds is 7. The van der Waals surface area contributed by atoms with Gasteiger partial charge in [0.25, 0.3) is 0 Å². The Bertz CT molecular complexity index is 625. The third kappa shape index (κ3) is 4.55. The molecule has 120 valence electrons. The summed E-state index contributed by atoms with van der Waals surface area (Å²) >= 11 is 7.39. The van der Waals surface area contributed by atoms with Crippen LogP contribution in [-0.4, -0.2) is 21.1 Å². The first-order valence-electron chi connectivity index (χ1n) is 7.45. The highest BCUT2D eigenvalue weighted by Gasteiger charge is 2.16. The van der Waals surface area contributed by atoms with Crippen molar-refractivity contribution in [3.63, 3.8) is 0 Å². The zero-order valence-corrected chi connectivity index (χ0v) is 14.6. The van der Waals surface area contributed by atoms with Crippen LogP contribution in [0.25, 0.3) is 0 Å². The van der Waals surface area contributed by atoms with Gasteiger partial charge >= 0.3 is 0 Å². The molecule has 0 aliphatic heterocycles. The summed E-state index contributed by atoms with van der Waals surface area (Å²) in [4.78, 5) is 17.6. The Labute approximate surface area is 139 Å². The molecule has 5 nitrogen and oxygen atoms in total. The Morgan fingerprint density at radius 1 is 1.45 bits per heavy atom. The molecule has 0 aromatic carbocycles. The van der Waals surface area contributed by atoms with Crippen molar-refractivity contribution >= 4 is 28.8 Å². The maximum atomic E-state index is 12.0. The van der Waals surface area contributed by atoms with Gasteiger partial charge in [-0.3, -0.25) is 9.89 Å². The van der Waals surface area contributed by atoms with Crippen LogP contribution >= 0.6 is 22.9 Å². The number of hydrogen-bond acceptors (Lipinski definition) is 4. The Balaban J connectivity index is 1.84. The standard InChI is InChI=1S/C15H21ClN4OS/c1-4-9(2)14-18-15(20-19-14)10(3)17-13(21)8-6-11-5-7-12(16)22-11/h5,7,9-10H,4,6,8H2,1-3H3,(H,17,21)(H,18,19,20)/t9-,10-/m1/s1. The zero-order valence-electron chi connectivity index (χ0n) is 13.0. The number of nitrogens with one attached hydrogen (secondary N) is 2. The molecule has 2 rings (SSSR count). The van der Waals surface area contributed by atoms with Crippen LogP contribution in [-0.2, 0) is 11.2 Å². The van der Waals surface area contributed by atoms with Crippen LogP contribution in [0, 0.1) is 0 Å². The van der Waals surface area contributed by atoms with Crippen molar-refractivity contribution in [2.24, 2.45) is 0 Å². The van der Waals surface area contributed by atoms with Gasteiger partial charge in [0.05, 0.1) is 10.4 Å². The molecule has 0 aliphatic rings. The van der Waals surface area contributed by atoms with Crippen LogP contribution in [0.5, 0.6) is 0 Å². The van der Waals surface area contributed by atoms with Crippen molar-refractivity contribution in [2.75, 3.05) is 0 Å². The van der Waals surface area contributed by atoms with E-state index in [0.29, 0.717) is 24.6 Å². The molecule has 2 heterocycles. The molecule has 0 bridgehead atoms. The minimum Gasteiger partial charge on any atom is -0.346 e. The first-order chi connectivity index (χ1) is 10.5. The summed E-state index contributed by atoms with van der Waals surface area (Å²) < 4.78 is 0.753. The van der Waals surface area contributed by atoms with E-state index in [1.54, 1.807) is 0 Å². The number of carbonyl (C=O) groups excluding carboxylic acids is 1. The van der Waals surface area contributed by atoms with E-state index >= 15 is 0 Å². The number of aromatic amines is 1. The summed E-state index contributed by atoms with van der Waals surface area (Å²) in [5.74, 6) is 1.81. The molecular weight excluding hydrogens is 320 g/mol. The van der Waals surface area contributed by atoms with Crippen LogP contribution in [0.15, 0.2) is 12.1 Å². The number of carbonyl (C=O) groups is 1. The molecule has 22 heavy (non-hydrogen) atoms. The van der Waals surface area contributed by atoms with E-state index in [1.165, 1.54) is 11.3 Å². The zero-order chi connectivity index (χ0) is 16.1. The second kappa shape index (κ2) is 7.74. The number of H-pyrrole nitrogens is 1. The summed E-state index contributed by atoms with van der Waals surface area (Å²) in [6.07, 6.45) is 2.12. The number of aromatic nitrogens is 3. The predicted octanol–water partition coefficient (Wildman–Crippen LogP) is 3.84. The maximum Gasteiger partial charge on any atom is 0.220 e. The second-order valence-electron chi connectivity index (χ2n) is 5.38. The molecule has 0 radical (unpaired) electrons. The van der Waals surface area contributed by atoms with Gasteiger partial charge in [0, 0.05) is 17.2 Å². The number of aryl methyl sites for hydroxylation is 1. The lowest BCUT2D eigenvalue weighted by atomic mass is 10.1. The summed E-state index contributed by atoms with van der Waals surface area (Å²) in [6.45, 7) is 6.09. The van der Waals surface area contributed by atoms with E-state index in [2.05, 4.69) is 34.3 Å². The Morgan fingerprint density at radius 3 is 2.86 bits per heavy atom. The van der Waals surface area contributed by atoms with Crippen molar-refractivity contribution < 1.29 is 4.79 Å². The van der Waals surface area contributed by atoms with Crippen LogP contribution in [0.1, 0.15) is 62.1 Å². The minimum absolute atomic E-state index is 0.00138. The second-order valence-corrected chi connectivity index (χ2v) is 7.18. The van der Waals surface area contributed by atoms with E-state index in [0.717, 1.165) is 21.5 Å².